The molecule has 0 saturated carbocycles. The van der Waals surface area contributed by atoms with Crippen LogP contribution in [0.4, 0.5) is 18.0 Å². The van der Waals surface area contributed by atoms with Gasteiger partial charge in [0.1, 0.15) is 5.92 Å². The summed E-state index contributed by atoms with van der Waals surface area (Å²) < 4.78 is 52.2. The van der Waals surface area contributed by atoms with Crippen LogP contribution >= 0.6 is 0 Å². The van der Waals surface area contributed by atoms with Crippen molar-refractivity contribution in [3.05, 3.63) is 59.2 Å². The van der Waals surface area contributed by atoms with E-state index in [9.17, 15) is 27.9 Å². The molecule has 0 unspecified atom stereocenters. The largest absolute Gasteiger partial charge is 0.454 e. The summed E-state index contributed by atoms with van der Waals surface area (Å²) in [5.41, 5.74) is -2.85. The molecule has 2 heterocycles. The van der Waals surface area contributed by atoms with E-state index in [1.54, 1.807) is 19.1 Å². The molecule has 0 bridgehead atoms. The summed E-state index contributed by atoms with van der Waals surface area (Å²) in [6.45, 7) is 1.70. The molecule has 0 spiro atoms. The normalized spacial score (nSPS) is 25.4. The number of hydrogen-bond donors (Lipinski definition) is 3. The molecule has 0 radical (unpaired) electrons. The van der Waals surface area contributed by atoms with Crippen LogP contribution in [0.5, 0.6) is 11.5 Å². The average Bonchev–Trinajstić information content (AvgIpc) is 3.14. The average molecular weight is 422 g/mol. The van der Waals surface area contributed by atoms with Crippen LogP contribution in [0, 0.1) is 12.8 Å². The molecule has 0 aliphatic carbocycles. The Kier molecular flexibility index (Phi) is 4.61. The second-order valence-electron chi connectivity index (χ2n) is 7.16. The third kappa shape index (κ3) is 3.22. The second kappa shape index (κ2) is 6.91. The molecule has 3 atom stereocenters. The Labute approximate surface area is 168 Å². The fourth-order valence-corrected chi connectivity index (χ4v) is 3.62. The van der Waals surface area contributed by atoms with Gasteiger partial charge in [-0.25, -0.2) is 4.79 Å². The van der Waals surface area contributed by atoms with Gasteiger partial charge >= 0.3 is 12.2 Å². The molecule has 1 fully saturated rings. The topological polar surface area (TPSA) is 96.9 Å². The molecule has 3 N–H and O–H groups in total. The van der Waals surface area contributed by atoms with Crippen molar-refractivity contribution in [1.29, 1.82) is 0 Å². The van der Waals surface area contributed by atoms with E-state index >= 15 is 0 Å². The summed E-state index contributed by atoms with van der Waals surface area (Å²) in [6, 6.07) is 7.42. The predicted molar refractivity (Wildman–Crippen MR) is 97.0 cm³/mol. The number of urea groups is 1. The Morgan fingerprint density at radius 1 is 1.13 bits per heavy atom. The summed E-state index contributed by atoms with van der Waals surface area (Å²) >= 11 is 0. The molecule has 4 rings (SSSR count). The first kappa shape index (κ1) is 20.0. The van der Waals surface area contributed by atoms with E-state index in [1.807, 2.05) is 0 Å². The Hall–Kier alpha value is -3.27. The van der Waals surface area contributed by atoms with E-state index < -0.39 is 35.7 Å². The number of amides is 2. The van der Waals surface area contributed by atoms with Crippen LogP contribution < -0.4 is 20.1 Å². The lowest BCUT2D eigenvalue weighted by atomic mass is 9.77. The van der Waals surface area contributed by atoms with Gasteiger partial charge in [0.15, 0.2) is 17.3 Å². The van der Waals surface area contributed by atoms with Crippen LogP contribution in [0.25, 0.3) is 0 Å². The van der Waals surface area contributed by atoms with Crippen molar-refractivity contribution < 1.29 is 37.3 Å². The van der Waals surface area contributed by atoms with Gasteiger partial charge in [0.05, 0.1) is 6.04 Å². The van der Waals surface area contributed by atoms with Crippen molar-refractivity contribution in [3.8, 4) is 11.5 Å². The molecule has 10 heteroatoms. The van der Waals surface area contributed by atoms with E-state index in [4.69, 9.17) is 9.47 Å². The lowest BCUT2D eigenvalue weighted by Gasteiger charge is -2.45. The monoisotopic (exact) mass is 422 g/mol. The Bertz CT molecular complexity index is 1010. The van der Waals surface area contributed by atoms with E-state index in [2.05, 4.69) is 5.32 Å². The third-order valence-electron chi connectivity index (χ3n) is 5.18. The first-order valence-corrected chi connectivity index (χ1v) is 8.98. The molecule has 2 amide bonds. The maximum absolute atomic E-state index is 13.9. The molecule has 0 aromatic heterocycles. The number of Topliss-reactive ketones (excluding diaryl/α,β-unsaturated/α-hetero) is 1. The fraction of sp³-hybridized carbons (Fsp3) is 0.300. The van der Waals surface area contributed by atoms with Crippen LogP contribution in [0.3, 0.4) is 0 Å². The van der Waals surface area contributed by atoms with Gasteiger partial charge in [0.25, 0.3) is 0 Å². The number of aliphatic hydroxyl groups is 1. The first-order chi connectivity index (χ1) is 14.1. The molecule has 2 aromatic carbocycles. The highest BCUT2D eigenvalue weighted by Gasteiger charge is 2.66. The highest BCUT2D eigenvalue weighted by atomic mass is 19.4. The molecular formula is C20H17F3N2O5. The van der Waals surface area contributed by atoms with E-state index in [0.29, 0.717) is 5.75 Å². The number of ether oxygens (including phenoxy) is 2. The Morgan fingerprint density at radius 2 is 1.80 bits per heavy atom. The molecule has 7 nitrogen and oxygen atoms in total. The number of carbonyl (C=O) groups is 2. The lowest BCUT2D eigenvalue weighted by molar-refractivity contribution is -0.287. The number of halogens is 3. The van der Waals surface area contributed by atoms with Crippen LogP contribution in [0.1, 0.15) is 27.5 Å². The lowest BCUT2D eigenvalue weighted by Crippen LogP contribution is -2.72. The quantitative estimate of drug-likeness (QED) is 0.661. The van der Waals surface area contributed by atoms with Crippen molar-refractivity contribution in [2.45, 2.75) is 24.9 Å². The minimum atomic E-state index is -5.32. The summed E-state index contributed by atoms with van der Waals surface area (Å²) in [5, 5.41) is 14.4. The molecule has 2 aliphatic rings. The van der Waals surface area contributed by atoms with E-state index in [1.165, 1.54) is 35.6 Å². The number of nitrogens with one attached hydrogen (secondary N) is 2. The number of rotatable bonds is 3. The van der Waals surface area contributed by atoms with E-state index in [-0.39, 0.29) is 23.7 Å². The number of ketones is 1. The minimum Gasteiger partial charge on any atom is -0.454 e. The van der Waals surface area contributed by atoms with Gasteiger partial charge in [-0.05, 0) is 24.6 Å². The summed E-state index contributed by atoms with van der Waals surface area (Å²) in [5.74, 6) is -2.44. The van der Waals surface area contributed by atoms with Gasteiger partial charge in [0, 0.05) is 5.56 Å². The molecule has 30 heavy (non-hydrogen) atoms. The number of benzene rings is 2. The van der Waals surface area contributed by atoms with Gasteiger partial charge in [-0.3, -0.25) is 4.79 Å². The van der Waals surface area contributed by atoms with Crippen LogP contribution in [0.2, 0.25) is 0 Å². The predicted octanol–water partition coefficient (Wildman–Crippen LogP) is 2.83. The van der Waals surface area contributed by atoms with Crippen LogP contribution in [-0.4, -0.2) is 35.6 Å². The molecule has 2 aromatic rings. The molecular weight excluding hydrogens is 405 g/mol. The number of carbonyl (C=O) groups excluding carboxylic acids is 2. The van der Waals surface area contributed by atoms with Gasteiger partial charge in [-0.2, -0.15) is 13.2 Å². The fourth-order valence-electron chi connectivity index (χ4n) is 3.62. The number of hydrogen-bond acceptors (Lipinski definition) is 5. The zero-order chi connectivity index (χ0) is 21.7. The van der Waals surface area contributed by atoms with Crippen molar-refractivity contribution in [3.63, 3.8) is 0 Å². The Morgan fingerprint density at radius 3 is 2.47 bits per heavy atom. The van der Waals surface area contributed by atoms with Crippen molar-refractivity contribution in [2.75, 3.05) is 6.79 Å². The number of aryl methyl sites for hydroxylation is 1. The van der Waals surface area contributed by atoms with Gasteiger partial charge < -0.3 is 25.2 Å². The maximum atomic E-state index is 13.9. The standard InChI is InChI=1S/C20H17F3N2O5/c1-10-2-4-11(5-3-10)17(26)15-16(12-6-7-13-14(8-12)30-9-29-13)24-18(27)25-19(15,28)20(21,22)23/h2-8,15-16,28H,9H2,1H3,(H2,24,25,27)/t15-,16+,19-/m0/s1. The highest BCUT2D eigenvalue weighted by Crippen LogP contribution is 2.45. The number of alkyl halides is 3. The van der Waals surface area contributed by atoms with Gasteiger partial charge in [-0.15, -0.1) is 0 Å². The van der Waals surface area contributed by atoms with Gasteiger partial charge in [0.2, 0.25) is 12.5 Å². The summed E-state index contributed by atoms with van der Waals surface area (Å²) in [6.07, 6.45) is -5.32. The molecule has 1 saturated heterocycles. The summed E-state index contributed by atoms with van der Waals surface area (Å²) in [4.78, 5) is 25.2. The third-order valence-corrected chi connectivity index (χ3v) is 5.18. The van der Waals surface area contributed by atoms with E-state index in [0.717, 1.165) is 5.56 Å². The SMILES string of the molecule is Cc1ccc(C(=O)[C@@H]2[C@@H](c3ccc4c(c3)OCO4)NC(=O)N[C@@]2(O)C(F)(F)F)cc1. The van der Waals surface area contributed by atoms with Crippen LogP contribution in [-0.2, 0) is 0 Å². The highest BCUT2D eigenvalue weighted by molar-refractivity contribution is 6.00. The first-order valence-electron chi connectivity index (χ1n) is 8.98. The van der Waals surface area contributed by atoms with Crippen LogP contribution in [0.15, 0.2) is 42.5 Å². The zero-order valence-electron chi connectivity index (χ0n) is 15.6. The second-order valence-corrected chi connectivity index (χ2v) is 7.16. The minimum absolute atomic E-state index is 0.0306. The Balaban J connectivity index is 1.84. The molecule has 158 valence electrons. The number of fused-ring (bicyclic) bond motifs is 1. The zero-order valence-corrected chi connectivity index (χ0v) is 15.6. The van der Waals surface area contributed by atoms with Crippen molar-refractivity contribution in [2.24, 2.45) is 5.92 Å². The van der Waals surface area contributed by atoms with Crippen molar-refractivity contribution >= 4 is 11.8 Å². The smallest absolute Gasteiger partial charge is 0.437 e. The molecule has 2 aliphatic heterocycles. The summed E-state index contributed by atoms with van der Waals surface area (Å²) in [7, 11) is 0. The van der Waals surface area contributed by atoms with Gasteiger partial charge in [-0.1, -0.05) is 35.9 Å². The van der Waals surface area contributed by atoms with Crippen molar-refractivity contribution in [1.82, 2.24) is 10.6 Å². The maximum Gasteiger partial charge on any atom is 0.437 e.